The van der Waals surface area contributed by atoms with Crippen molar-refractivity contribution in [1.29, 1.82) is 0 Å². The molecule has 0 bridgehead atoms. The standard InChI is InChI=1S/C21H27N5O2/c1-4-28-13-5-12-22-21(27)11-10-20-24-23-19-9-8-18(25-26(19)20)17-7-6-15(2)16(3)14-17/h6-9,14H,4-5,10-13H2,1-3H3,(H,22,27). The monoisotopic (exact) mass is 381 g/mol. The Kier molecular flexibility index (Phi) is 6.71. The van der Waals surface area contributed by atoms with Crippen molar-refractivity contribution in [3.05, 3.63) is 47.3 Å². The van der Waals surface area contributed by atoms with Gasteiger partial charge in [0.2, 0.25) is 5.91 Å². The molecule has 0 fully saturated rings. The van der Waals surface area contributed by atoms with Crippen molar-refractivity contribution in [2.75, 3.05) is 19.8 Å². The summed E-state index contributed by atoms with van der Waals surface area (Å²) in [6, 6.07) is 10.1. The van der Waals surface area contributed by atoms with Crippen molar-refractivity contribution in [1.82, 2.24) is 25.1 Å². The first kappa shape index (κ1) is 19.9. The molecule has 148 valence electrons. The predicted octanol–water partition coefficient (Wildman–Crippen LogP) is 2.88. The van der Waals surface area contributed by atoms with Gasteiger partial charge in [0.1, 0.15) is 0 Å². The van der Waals surface area contributed by atoms with Crippen LogP contribution in [0.25, 0.3) is 16.9 Å². The van der Waals surface area contributed by atoms with Crippen LogP contribution in [-0.2, 0) is 16.0 Å². The lowest BCUT2D eigenvalue weighted by Crippen LogP contribution is -2.25. The van der Waals surface area contributed by atoms with Crippen LogP contribution in [0.1, 0.15) is 36.7 Å². The summed E-state index contributed by atoms with van der Waals surface area (Å²) in [6.45, 7) is 8.13. The highest BCUT2D eigenvalue weighted by Crippen LogP contribution is 2.20. The van der Waals surface area contributed by atoms with E-state index in [0.717, 1.165) is 17.7 Å². The molecule has 0 aliphatic heterocycles. The number of amides is 1. The smallest absolute Gasteiger partial charge is 0.220 e. The Balaban J connectivity index is 1.65. The van der Waals surface area contributed by atoms with Gasteiger partial charge in [-0.2, -0.15) is 9.61 Å². The second kappa shape index (κ2) is 9.41. The average Bonchev–Trinajstić information content (AvgIpc) is 3.10. The SMILES string of the molecule is CCOCCCNC(=O)CCc1nnc2ccc(-c3ccc(C)c(C)c3)nn12. The van der Waals surface area contributed by atoms with Crippen molar-refractivity contribution < 1.29 is 9.53 Å². The molecule has 0 saturated carbocycles. The Bertz CT molecular complexity index is 951. The first-order valence-electron chi connectivity index (χ1n) is 9.72. The quantitative estimate of drug-likeness (QED) is 0.577. The van der Waals surface area contributed by atoms with Crippen LogP contribution in [-0.4, -0.2) is 45.5 Å². The van der Waals surface area contributed by atoms with E-state index in [1.54, 1.807) is 4.52 Å². The first-order chi connectivity index (χ1) is 13.6. The summed E-state index contributed by atoms with van der Waals surface area (Å²) in [4.78, 5) is 12.0. The van der Waals surface area contributed by atoms with Crippen LogP contribution in [0.15, 0.2) is 30.3 Å². The van der Waals surface area contributed by atoms with E-state index in [9.17, 15) is 4.79 Å². The van der Waals surface area contributed by atoms with Gasteiger partial charge in [-0.25, -0.2) is 0 Å². The van der Waals surface area contributed by atoms with Crippen LogP contribution in [0.3, 0.4) is 0 Å². The lowest BCUT2D eigenvalue weighted by Gasteiger charge is -2.07. The summed E-state index contributed by atoms with van der Waals surface area (Å²) in [5.74, 6) is 0.684. The number of aromatic nitrogens is 4. The van der Waals surface area contributed by atoms with Gasteiger partial charge in [-0.1, -0.05) is 12.1 Å². The summed E-state index contributed by atoms with van der Waals surface area (Å²) >= 11 is 0. The van der Waals surface area contributed by atoms with Crippen LogP contribution < -0.4 is 5.32 Å². The molecule has 0 atom stereocenters. The number of carbonyl (C=O) groups is 1. The predicted molar refractivity (Wildman–Crippen MR) is 108 cm³/mol. The molecule has 28 heavy (non-hydrogen) atoms. The average molecular weight is 381 g/mol. The largest absolute Gasteiger partial charge is 0.382 e. The van der Waals surface area contributed by atoms with Gasteiger partial charge in [-0.15, -0.1) is 10.2 Å². The topological polar surface area (TPSA) is 81.4 Å². The van der Waals surface area contributed by atoms with E-state index in [-0.39, 0.29) is 5.91 Å². The van der Waals surface area contributed by atoms with Gasteiger partial charge in [0, 0.05) is 38.2 Å². The number of nitrogens with one attached hydrogen (secondary N) is 1. The van der Waals surface area contributed by atoms with Crippen molar-refractivity contribution >= 4 is 11.6 Å². The van der Waals surface area contributed by atoms with E-state index in [2.05, 4.69) is 47.6 Å². The molecule has 0 spiro atoms. The van der Waals surface area contributed by atoms with Gasteiger partial charge in [-0.3, -0.25) is 4.79 Å². The van der Waals surface area contributed by atoms with Crippen LogP contribution in [0.2, 0.25) is 0 Å². The van der Waals surface area contributed by atoms with Crippen LogP contribution in [0.4, 0.5) is 0 Å². The highest BCUT2D eigenvalue weighted by Gasteiger charge is 2.11. The van der Waals surface area contributed by atoms with Gasteiger partial charge in [0.15, 0.2) is 11.5 Å². The molecule has 2 heterocycles. The number of carbonyl (C=O) groups excluding carboxylic acids is 1. The number of aryl methyl sites for hydroxylation is 3. The van der Waals surface area contributed by atoms with Gasteiger partial charge in [0.05, 0.1) is 5.69 Å². The Hall–Kier alpha value is -2.80. The molecule has 0 unspecified atom stereocenters. The number of hydrogen-bond donors (Lipinski definition) is 1. The number of benzene rings is 1. The highest BCUT2D eigenvalue weighted by molar-refractivity contribution is 5.76. The molecule has 3 aromatic rings. The summed E-state index contributed by atoms with van der Waals surface area (Å²) in [5, 5.41) is 16.0. The van der Waals surface area contributed by atoms with Crippen LogP contribution >= 0.6 is 0 Å². The molecule has 2 aromatic heterocycles. The summed E-state index contributed by atoms with van der Waals surface area (Å²) < 4.78 is 6.99. The normalized spacial score (nSPS) is 11.1. The number of hydrogen-bond acceptors (Lipinski definition) is 5. The molecule has 1 amide bonds. The molecule has 1 N–H and O–H groups in total. The molecule has 3 rings (SSSR count). The Morgan fingerprint density at radius 2 is 2.00 bits per heavy atom. The third-order valence-electron chi connectivity index (χ3n) is 4.70. The minimum Gasteiger partial charge on any atom is -0.382 e. The fourth-order valence-corrected chi connectivity index (χ4v) is 2.90. The molecule has 1 aromatic carbocycles. The molecule has 0 aliphatic carbocycles. The minimum absolute atomic E-state index is 0.00133. The maximum atomic E-state index is 12.0. The third-order valence-corrected chi connectivity index (χ3v) is 4.70. The van der Waals surface area contributed by atoms with E-state index in [0.29, 0.717) is 44.1 Å². The zero-order valence-corrected chi connectivity index (χ0v) is 16.7. The zero-order chi connectivity index (χ0) is 19.9. The lowest BCUT2D eigenvalue weighted by atomic mass is 10.0. The van der Waals surface area contributed by atoms with Crippen molar-refractivity contribution in [2.45, 2.75) is 40.0 Å². The summed E-state index contributed by atoms with van der Waals surface area (Å²) in [6.07, 6.45) is 1.65. The fourth-order valence-electron chi connectivity index (χ4n) is 2.90. The van der Waals surface area contributed by atoms with Gasteiger partial charge in [-0.05, 0) is 56.5 Å². The molecular formula is C21H27N5O2. The van der Waals surface area contributed by atoms with E-state index < -0.39 is 0 Å². The first-order valence-corrected chi connectivity index (χ1v) is 9.72. The van der Waals surface area contributed by atoms with Crippen molar-refractivity contribution in [2.24, 2.45) is 0 Å². The number of nitrogens with zero attached hydrogens (tertiary/aromatic N) is 4. The summed E-state index contributed by atoms with van der Waals surface area (Å²) in [5.41, 5.74) is 5.07. The summed E-state index contributed by atoms with van der Waals surface area (Å²) in [7, 11) is 0. The number of rotatable bonds is 9. The van der Waals surface area contributed by atoms with E-state index >= 15 is 0 Å². The molecule has 7 nitrogen and oxygen atoms in total. The van der Waals surface area contributed by atoms with E-state index in [1.165, 1.54) is 11.1 Å². The lowest BCUT2D eigenvalue weighted by molar-refractivity contribution is -0.121. The van der Waals surface area contributed by atoms with E-state index in [4.69, 9.17) is 9.84 Å². The highest BCUT2D eigenvalue weighted by atomic mass is 16.5. The van der Waals surface area contributed by atoms with Gasteiger partial charge in [0.25, 0.3) is 0 Å². The Morgan fingerprint density at radius 1 is 1.14 bits per heavy atom. The second-order valence-corrected chi connectivity index (χ2v) is 6.80. The Labute approximate surface area is 165 Å². The molecular weight excluding hydrogens is 354 g/mol. The maximum absolute atomic E-state index is 12.0. The zero-order valence-electron chi connectivity index (χ0n) is 16.7. The van der Waals surface area contributed by atoms with Crippen molar-refractivity contribution in [3.8, 4) is 11.3 Å². The van der Waals surface area contributed by atoms with Crippen LogP contribution in [0, 0.1) is 13.8 Å². The van der Waals surface area contributed by atoms with Crippen molar-refractivity contribution in [3.63, 3.8) is 0 Å². The fraction of sp³-hybridized carbons (Fsp3) is 0.429. The molecule has 7 heteroatoms. The Morgan fingerprint density at radius 3 is 2.79 bits per heavy atom. The maximum Gasteiger partial charge on any atom is 0.220 e. The van der Waals surface area contributed by atoms with Crippen LogP contribution in [0.5, 0.6) is 0 Å². The minimum atomic E-state index is -0.00133. The van der Waals surface area contributed by atoms with Gasteiger partial charge >= 0.3 is 0 Å². The number of ether oxygens (including phenoxy) is 1. The van der Waals surface area contributed by atoms with Gasteiger partial charge < -0.3 is 10.1 Å². The number of fused-ring (bicyclic) bond motifs is 1. The molecule has 0 saturated heterocycles. The second-order valence-electron chi connectivity index (χ2n) is 6.80. The third kappa shape index (κ3) is 4.92. The molecule has 0 aliphatic rings. The van der Waals surface area contributed by atoms with E-state index in [1.807, 2.05) is 19.1 Å². The molecule has 0 radical (unpaired) electrons.